The first-order chi connectivity index (χ1) is 13.3. The predicted molar refractivity (Wildman–Crippen MR) is 101 cm³/mol. The van der Waals surface area contributed by atoms with Crippen molar-refractivity contribution in [2.45, 2.75) is 29.7 Å². The standard InChI is InChI=1S/C18H21N5O4S/c1-23-11-13(9-19-23)12-4-6-15(7-5-12)28(26,27)20-10-14-3-2-8-18(14)16(24)21-17(25)22-18/h4-7,9,11,14,20H,2-3,8,10H2,1H3,(H2,21,22,24,25). The van der Waals surface area contributed by atoms with E-state index in [2.05, 4.69) is 20.5 Å². The van der Waals surface area contributed by atoms with E-state index in [1.54, 1.807) is 35.1 Å². The number of nitrogens with one attached hydrogen (secondary N) is 3. The largest absolute Gasteiger partial charge is 0.323 e. The second-order valence-corrected chi connectivity index (χ2v) is 9.01. The fourth-order valence-electron chi connectivity index (χ4n) is 4.01. The predicted octanol–water partition coefficient (Wildman–Crippen LogP) is 0.744. The third-order valence-electron chi connectivity index (χ3n) is 5.51. The number of benzene rings is 1. The van der Waals surface area contributed by atoms with Gasteiger partial charge in [-0.3, -0.25) is 14.8 Å². The van der Waals surface area contributed by atoms with Crippen LogP contribution < -0.4 is 15.4 Å². The maximum absolute atomic E-state index is 12.7. The van der Waals surface area contributed by atoms with Crippen LogP contribution in [0.4, 0.5) is 4.79 Å². The van der Waals surface area contributed by atoms with Crippen molar-refractivity contribution in [1.82, 2.24) is 25.1 Å². The molecule has 10 heteroatoms. The van der Waals surface area contributed by atoms with Crippen LogP contribution in [-0.2, 0) is 21.9 Å². The summed E-state index contributed by atoms with van der Waals surface area (Å²) in [5.41, 5.74) is 0.756. The van der Waals surface area contributed by atoms with Crippen molar-refractivity contribution in [3.05, 3.63) is 36.7 Å². The topological polar surface area (TPSA) is 122 Å². The maximum Gasteiger partial charge on any atom is 0.322 e. The number of urea groups is 1. The fourth-order valence-corrected chi connectivity index (χ4v) is 5.09. The smallest absolute Gasteiger partial charge is 0.322 e. The van der Waals surface area contributed by atoms with E-state index in [9.17, 15) is 18.0 Å². The zero-order valence-corrected chi connectivity index (χ0v) is 16.1. The number of carbonyl (C=O) groups is 2. The molecule has 4 rings (SSSR count). The summed E-state index contributed by atoms with van der Waals surface area (Å²) in [5.74, 6) is -0.664. The molecular formula is C18H21N5O4S. The first kappa shape index (κ1) is 18.6. The van der Waals surface area contributed by atoms with Gasteiger partial charge in [-0.25, -0.2) is 17.9 Å². The molecule has 1 aliphatic carbocycles. The summed E-state index contributed by atoms with van der Waals surface area (Å²) >= 11 is 0. The Balaban J connectivity index is 1.47. The third kappa shape index (κ3) is 3.18. The lowest BCUT2D eigenvalue weighted by atomic mass is 9.87. The third-order valence-corrected chi connectivity index (χ3v) is 6.95. The van der Waals surface area contributed by atoms with E-state index in [1.807, 2.05) is 13.2 Å². The molecule has 3 N–H and O–H groups in total. The number of imide groups is 1. The normalized spacial score (nSPS) is 24.5. The van der Waals surface area contributed by atoms with Crippen LogP contribution in [0.2, 0.25) is 0 Å². The number of carbonyl (C=O) groups excluding carboxylic acids is 2. The van der Waals surface area contributed by atoms with Gasteiger partial charge >= 0.3 is 6.03 Å². The van der Waals surface area contributed by atoms with Gasteiger partial charge in [-0.15, -0.1) is 0 Å². The van der Waals surface area contributed by atoms with Gasteiger partial charge in [0, 0.05) is 31.3 Å². The minimum absolute atomic E-state index is 0.0837. The van der Waals surface area contributed by atoms with Crippen LogP contribution >= 0.6 is 0 Å². The SMILES string of the molecule is Cn1cc(-c2ccc(S(=O)(=O)NCC3CCCC34NC(=O)NC4=O)cc2)cn1. The number of sulfonamides is 1. The van der Waals surface area contributed by atoms with Crippen LogP contribution in [-0.4, -0.2) is 42.2 Å². The zero-order valence-electron chi connectivity index (χ0n) is 15.3. The highest BCUT2D eigenvalue weighted by Gasteiger charge is 2.54. The zero-order chi connectivity index (χ0) is 19.9. The molecule has 3 amide bonds. The summed E-state index contributed by atoms with van der Waals surface area (Å²) in [5, 5.41) is 9.06. The highest BCUT2D eigenvalue weighted by atomic mass is 32.2. The number of amides is 3. The summed E-state index contributed by atoms with van der Waals surface area (Å²) in [6.07, 6.45) is 5.48. The molecule has 0 radical (unpaired) electrons. The monoisotopic (exact) mass is 403 g/mol. The Kier molecular flexibility index (Phi) is 4.47. The lowest BCUT2D eigenvalue weighted by Crippen LogP contribution is -2.53. The number of hydrogen-bond donors (Lipinski definition) is 3. The average Bonchev–Trinajstić information content (AvgIpc) is 3.34. The Morgan fingerprint density at radius 3 is 2.61 bits per heavy atom. The van der Waals surface area contributed by atoms with Crippen molar-refractivity contribution >= 4 is 22.0 Å². The van der Waals surface area contributed by atoms with E-state index < -0.39 is 21.6 Å². The van der Waals surface area contributed by atoms with Crippen LogP contribution in [0.5, 0.6) is 0 Å². The molecule has 2 aromatic rings. The molecule has 1 aliphatic heterocycles. The van der Waals surface area contributed by atoms with Crippen LogP contribution in [0.25, 0.3) is 11.1 Å². The molecule has 1 aromatic heterocycles. The molecule has 2 atom stereocenters. The van der Waals surface area contributed by atoms with Crippen molar-refractivity contribution < 1.29 is 18.0 Å². The average molecular weight is 403 g/mol. The Morgan fingerprint density at radius 1 is 1.25 bits per heavy atom. The lowest BCUT2D eigenvalue weighted by molar-refractivity contribution is -0.125. The second-order valence-electron chi connectivity index (χ2n) is 7.25. The second kappa shape index (κ2) is 6.71. The molecule has 1 spiro atoms. The first-order valence-electron chi connectivity index (χ1n) is 9.02. The van der Waals surface area contributed by atoms with Crippen molar-refractivity contribution in [2.24, 2.45) is 13.0 Å². The van der Waals surface area contributed by atoms with Crippen molar-refractivity contribution in [3.8, 4) is 11.1 Å². The minimum atomic E-state index is -3.73. The molecule has 1 aromatic carbocycles. The van der Waals surface area contributed by atoms with Gasteiger partial charge in [0.25, 0.3) is 5.91 Å². The van der Waals surface area contributed by atoms with Crippen molar-refractivity contribution in [2.75, 3.05) is 6.54 Å². The van der Waals surface area contributed by atoms with Gasteiger partial charge < -0.3 is 5.32 Å². The maximum atomic E-state index is 12.7. The van der Waals surface area contributed by atoms with Crippen molar-refractivity contribution in [1.29, 1.82) is 0 Å². The van der Waals surface area contributed by atoms with Gasteiger partial charge in [0.05, 0.1) is 11.1 Å². The van der Waals surface area contributed by atoms with E-state index in [1.165, 1.54) is 0 Å². The first-order valence-corrected chi connectivity index (χ1v) is 10.5. The minimum Gasteiger partial charge on any atom is -0.323 e. The van der Waals surface area contributed by atoms with Crippen LogP contribution in [0.15, 0.2) is 41.6 Å². The Morgan fingerprint density at radius 2 is 2.00 bits per heavy atom. The van der Waals surface area contributed by atoms with E-state index in [-0.39, 0.29) is 23.3 Å². The molecule has 148 valence electrons. The number of nitrogens with zero attached hydrogens (tertiary/aromatic N) is 2. The number of hydrogen-bond acceptors (Lipinski definition) is 5. The van der Waals surface area contributed by atoms with Gasteiger partial charge in [-0.1, -0.05) is 18.6 Å². The van der Waals surface area contributed by atoms with E-state index in [4.69, 9.17) is 0 Å². The van der Waals surface area contributed by atoms with Crippen molar-refractivity contribution in [3.63, 3.8) is 0 Å². The summed E-state index contributed by atoms with van der Waals surface area (Å²) in [6, 6.07) is 6.02. The molecule has 2 unspecified atom stereocenters. The number of aromatic nitrogens is 2. The Labute approximate surface area is 162 Å². The van der Waals surface area contributed by atoms with Gasteiger partial charge in [-0.05, 0) is 30.5 Å². The van der Waals surface area contributed by atoms with E-state index in [0.29, 0.717) is 12.8 Å². The molecule has 2 aliphatic rings. The quantitative estimate of drug-likeness (QED) is 0.636. The van der Waals surface area contributed by atoms with Gasteiger partial charge in [0.2, 0.25) is 10.0 Å². The number of rotatable bonds is 5. The molecule has 0 bridgehead atoms. The van der Waals surface area contributed by atoms with E-state index >= 15 is 0 Å². The Bertz CT molecular complexity index is 1030. The number of aryl methyl sites for hydroxylation is 1. The highest BCUT2D eigenvalue weighted by molar-refractivity contribution is 7.89. The van der Waals surface area contributed by atoms with Crippen LogP contribution in [0.1, 0.15) is 19.3 Å². The van der Waals surface area contributed by atoms with Gasteiger partial charge in [0.1, 0.15) is 5.54 Å². The molecule has 9 nitrogen and oxygen atoms in total. The summed E-state index contributed by atoms with van der Waals surface area (Å²) in [7, 11) is -1.92. The molecule has 2 fully saturated rings. The molecule has 2 heterocycles. The summed E-state index contributed by atoms with van der Waals surface area (Å²) in [6.45, 7) is 0.0837. The van der Waals surface area contributed by atoms with Gasteiger partial charge in [-0.2, -0.15) is 5.10 Å². The fraction of sp³-hybridized carbons (Fsp3) is 0.389. The molecular weight excluding hydrogens is 382 g/mol. The summed E-state index contributed by atoms with van der Waals surface area (Å²) < 4.78 is 29.6. The summed E-state index contributed by atoms with van der Waals surface area (Å²) in [4.78, 5) is 23.9. The van der Waals surface area contributed by atoms with E-state index in [0.717, 1.165) is 17.5 Å². The molecule has 1 saturated heterocycles. The molecule has 1 saturated carbocycles. The van der Waals surface area contributed by atoms with Crippen LogP contribution in [0, 0.1) is 5.92 Å². The lowest BCUT2D eigenvalue weighted by Gasteiger charge is -2.28. The molecule has 28 heavy (non-hydrogen) atoms. The Hall–Kier alpha value is -2.72. The van der Waals surface area contributed by atoms with Gasteiger partial charge in [0.15, 0.2) is 0 Å². The van der Waals surface area contributed by atoms with Crippen LogP contribution in [0.3, 0.4) is 0 Å². The highest BCUT2D eigenvalue weighted by Crippen LogP contribution is 2.37.